The van der Waals surface area contributed by atoms with Crippen molar-refractivity contribution in [2.75, 3.05) is 18.6 Å². The van der Waals surface area contributed by atoms with E-state index in [0.29, 0.717) is 5.75 Å². The average Bonchev–Trinajstić information content (AvgIpc) is 2.37. The minimum Gasteiger partial charge on any atom is -0.388 e. The smallest absolute Gasteiger partial charge is 0.242 e. The van der Waals surface area contributed by atoms with Gasteiger partial charge in [0.15, 0.2) is 0 Å². The van der Waals surface area contributed by atoms with Crippen molar-refractivity contribution < 1.29 is 13.5 Å². The van der Waals surface area contributed by atoms with Gasteiger partial charge in [0.1, 0.15) is 16.7 Å². The number of aliphatic hydroxyl groups is 1. The highest BCUT2D eigenvalue weighted by atomic mass is 32.2. The molecule has 0 saturated heterocycles. The lowest BCUT2D eigenvalue weighted by molar-refractivity contribution is 0.0908. The van der Waals surface area contributed by atoms with E-state index in [-0.39, 0.29) is 17.1 Å². The zero-order valence-corrected chi connectivity index (χ0v) is 12.3. The molecule has 0 aliphatic carbocycles. The number of thioether (sulfide) groups is 1. The lowest BCUT2D eigenvalue weighted by Crippen LogP contribution is -2.42. The Bertz CT molecular complexity index is 562. The lowest BCUT2D eigenvalue weighted by atomic mass is 10.1. The maximum Gasteiger partial charge on any atom is 0.242 e. The van der Waals surface area contributed by atoms with Gasteiger partial charge in [-0.1, -0.05) is 0 Å². The highest BCUT2D eigenvalue weighted by Crippen LogP contribution is 2.12. The Morgan fingerprint density at radius 1 is 1.58 bits per heavy atom. The maximum atomic E-state index is 11.9. The molecule has 0 bridgehead atoms. The van der Waals surface area contributed by atoms with Gasteiger partial charge in [0, 0.05) is 18.5 Å². The molecular weight excluding hydrogens is 286 g/mol. The Hall–Kier alpha value is -1.14. The van der Waals surface area contributed by atoms with Gasteiger partial charge in [-0.3, -0.25) is 0 Å². The first kappa shape index (κ1) is 15.9. The summed E-state index contributed by atoms with van der Waals surface area (Å²) in [5, 5.41) is 18.5. The van der Waals surface area contributed by atoms with Crippen LogP contribution in [-0.2, 0) is 10.0 Å². The van der Waals surface area contributed by atoms with Crippen LogP contribution >= 0.6 is 11.8 Å². The van der Waals surface area contributed by atoms with E-state index in [1.165, 1.54) is 23.9 Å². The molecule has 0 aliphatic heterocycles. The number of aromatic nitrogens is 1. The molecule has 6 nitrogen and oxygen atoms in total. The molecule has 0 aliphatic rings. The van der Waals surface area contributed by atoms with Crippen LogP contribution < -0.4 is 4.72 Å². The Labute approximate surface area is 116 Å². The number of sulfonamides is 1. The molecule has 0 saturated carbocycles. The van der Waals surface area contributed by atoms with E-state index in [1.807, 2.05) is 12.3 Å². The third kappa shape index (κ3) is 4.80. The second kappa shape index (κ2) is 6.34. The van der Waals surface area contributed by atoms with Gasteiger partial charge >= 0.3 is 0 Å². The van der Waals surface area contributed by atoms with Crippen LogP contribution in [0.1, 0.15) is 12.6 Å². The number of pyridine rings is 1. The van der Waals surface area contributed by atoms with Crippen LogP contribution in [0.4, 0.5) is 0 Å². The van der Waals surface area contributed by atoms with Crippen molar-refractivity contribution in [3.05, 3.63) is 24.0 Å². The Kier molecular flexibility index (Phi) is 5.31. The van der Waals surface area contributed by atoms with E-state index in [0.717, 1.165) is 6.20 Å². The number of hydrogen-bond donors (Lipinski definition) is 2. The predicted molar refractivity (Wildman–Crippen MR) is 73.1 cm³/mol. The van der Waals surface area contributed by atoms with E-state index in [1.54, 1.807) is 6.92 Å². The summed E-state index contributed by atoms with van der Waals surface area (Å²) >= 11 is 1.43. The molecule has 8 heteroatoms. The van der Waals surface area contributed by atoms with Crippen molar-refractivity contribution in [2.24, 2.45) is 0 Å². The van der Waals surface area contributed by atoms with Gasteiger partial charge in [-0.25, -0.2) is 18.1 Å². The molecule has 0 radical (unpaired) electrons. The lowest BCUT2D eigenvalue weighted by Gasteiger charge is -2.22. The third-order valence-corrected chi connectivity index (χ3v) is 4.56. The monoisotopic (exact) mass is 301 g/mol. The van der Waals surface area contributed by atoms with Crippen LogP contribution in [0, 0.1) is 11.3 Å². The van der Waals surface area contributed by atoms with Gasteiger partial charge in [0.05, 0.1) is 5.60 Å². The second-order valence-electron chi connectivity index (χ2n) is 4.25. The highest BCUT2D eigenvalue weighted by molar-refractivity contribution is 7.98. The summed E-state index contributed by atoms with van der Waals surface area (Å²) in [6.45, 7) is 1.47. The predicted octanol–water partition coefficient (Wildman–Crippen LogP) is 0.346. The van der Waals surface area contributed by atoms with Crippen molar-refractivity contribution in [3.8, 4) is 6.07 Å². The van der Waals surface area contributed by atoms with E-state index in [9.17, 15) is 13.5 Å². The zero-order valence-electron chi connectivity index (χ0n) is 10.6. The van der Waals surface area contributed by atoms with Crippen LogP contribution in [0.15, 0.2) is 23.2 Å². The van der Waals surface area contributed by atoms with Gasteiger partial charge in [-0.2, -0.15) is 17.0 Å². The number of nitrogens with one attached hydrogen (secondary N) is 1. The number of hydrogen-bond acceptors (Lipinski definition) is 6. The van der Waals surface area contributed by atoms with Crippen molar-refractivity contribution in [1.29, 1.82) is 5.26 Å². The minimum absolute atomic E-state index is 0.0357. The van der Waals surface area contributed by atoms with Crippen molar-refractivity contribution in [2.45, 2.75) is 17.4 Å². The Balaban J connectivity index is 2.79. The van der Waals surface area contributed by atoms with Crippen LogP contribution in [0.2, 0.25) is 0 Å². The molecule has 1 aromatic rings. The van der Waals surface area contributed by atoms with E-state index >= 15 is 0 Å². The minimum atomic E-state index is -3.73. The summed E-state index contributed by atoms with van der Waals surface area (Å²) in [5.41, 5.74) is -0.972. The third-order valence-electron chi connectivity index (χ3n) is 2.26. The normalized spacial score (nSPS) is 14.6. The maximum absolute atomic E-state index is 11.9. The summed E-state index contributed by atoms with van der Waals surface area (Å²) in [4.78, 5) is 3.66. The second-order valence-corrected chi connectivity index (χ2v) is 6.88. The molecule has 1 unspecified atom stereocenters. The molecule has 0 amide bonds. The molecule has 1 heterocycles. The van der Waals surface area contributed by atoms with Crippen LogP contribution in [-0.4, -0.2) is 42.7 Å². The number of nitriles is 1. The molecule has 1 aromatic heterocycles. The molecule has 2 N–H and O–H groups in total. The summed E-state index contributed by atoms with van der Waals surface area (Å²) in [6, 6.07) is 4.44. The molecule has 0 spiro atoms. The number of nitrogens with zero attached hydrogens (tertiary/aromatic N) is 2. The Morgan fingerprint density at radius 3 is 2.74 bits per heavy atom. The molecular formula is C11H15N3O3S2. The first-order valence-corrected chi connectivity index (χ1v) is 8.25. The van der Waals surface area contributed by atoms with Crippen LogP contribution in [0.25, 0.3) is 0 Å². The summed E-state index contributed by atoms with van der Waals surface area (Å²) in [7, 11) is -3.73. The summed E-state index contributed by atoms with van der Waals surface area (Å²) in [6.07, 6.45) is 2.94. The van der Waals surface area contributed by atoms with Gasteiger partial charge in [-0.15, -0.1) is 0 Å². The molecule has 1 rings (SSSR count). The summed E-state index contributed by atoms with van der Waals surface area (Å²) < 4.78 is 26.2. The fraction of sp³-hybridized carbons (Fsp3) is 0.455. The van der Waals surface area contributed by atoms with Gasteiger partial charge in [0.25, 0.3) is 0 Å². The zero-order chi connectivity index (χ0) is 14.5. The fourth-order valence-corrected chi connectivity index (χ4v) is 3.13. The Morgan fingerprint density at radius 2 is 2.26 bits per heavy atom. The molecule has 0 fully saturated rings. The average molecular weight is 301 g/mol. The molecule has 19 heavy (non-hydrogen) atoms. The van der Waals surface area contributed by atoms with Crippen molar-refractivity contribution in [3.63, 3.8) is 0 Å². The molecule has 104 valence electrons. The van der Waals surface area contributed by atoms with Gasteiger partial charge in [0.2, 0.25) is 10.0 Å². The van der Waals surface area contributed by atoms with Gasteiger partial charge < -0.3 is 5.11 Å². The first-order valence-electron chi connectivity index (χ1n) is 5.38. The number of rotatable bonds is 6. The standard InChI is InChI=1S/C11H15N3O3S2/c1-11(15,8-18-2)7-14-19(16,17)10-4-3-9(5-12)13-6-10/h3-4,6,14-15H,7-8H2,1-2H3. The fourth-order valence-electron chi connectivity index (χ4n) is 1.30. The largest absolute Gasteiger partial charge is 0.388 e. The van der Waals surface area contributed by atoms with Crippen LogP contribution in [0.3, 0.4) is 0 Å². The first-order chi connectivity index (χ1) is 8.80. The highest BCUT2D eigenvalue weighted by Gasteiger charge is 2.23. The topological polar surface area (TPSA) is 103 Å². The van der Waals surface area contributed by atoms with Crippen LogP contribution in [0.5, 0.6) is 0 Å². The quantitative estimate of drug-likeness (QED) is 0.785. The SMILES string of the molecule is CSCC(C)(O)CNS(=O)(=O)c1ccc(C#N)nc1. The van der Waals surface area contributed by atoms with E-state index in [2.05, 4.69) is 9.71 Å². The van der Waals surface area contributed by atoms with E-state index in [4.69, 9.17) is 5.26 Å². The van der Waals surface area contributed by atoms with E-state index < -0.39 is 15.6 Å². The molecule has 0 aromatic carbocycles. The van der Waals surface area contributed by atoms with Crippen molar-refractivity contribution in [1.82, 2.24) is 9.71 Å². The van der Waals surface area contributed by atoms with Gasteiger partial charge in [-0.05, 0) is 25.3 Å². The van der Waals surface area contributed by atoms with Crippen molar-refractivity contribution >= 4 is 21.8 Å². The summed E-state index contributed by atoms with van der Waals surface area (Å²) in [5.74, 6) is 0.418. The molecule has 1 atom stereocenters.